The highest BCUT2D eigenvalue weighted by Gasteiger charge is 2.18. The van der Waals surface area contributed by atoms with Crippen molar-refractivity contribution in [1.29, 1.82) is 0 Å². The van der Waals surface area contributed by atoms with Gasteiger partial charge in [-0.2, -0.15) is 0 Å². The molecule has 0 aromatic heterocycles. The molecule has 1 heterocycles. The molecule has 13 heavy (non-hydrogen) atoms. The minimum atomic E-state index is -0.0834. The van der Waals surface area contributed by atoms with Crippen LogP contribution in [0.2, 0.25) is 0 Å². The number of hydrogen-bond acceptors (Lipinski definition) is 3. The maximum absolute atomic E-state index is 11.2. The molecule has 1 rings (SSSR count). The lowest BCUT2D eigenvalue weighted by molar-refractivity contribution is -0.146. The van der Waals surface area contributed by atoms with Gasteiger partial charge in [0.2, 0.25) is 0 Å². The van der Waals surface area contributed by atoms with E-state index in [9.17, 15) is 4.79 Å². The van der Waals surface area contributed by atoms with Crippen LogP contribution in [0, 0.1) is 5.92 Å². The third kappa shape index (κ3) is 3.59. The molecule has 3 heteroatoms. The number of cyclic esters (lactones) is 1. The third-order valence-electron chi connectivity index (χ3n) is 2.11. The molecule has 0 saturated carbocycles. The monoisotopic (exact) mass is 184 g/mol. The zero-order valence-electron chi connectivity index (χ0n) is 7.99. The number of unbranched alkanes of at least 4 members (excludes halogenated alkanes) is 1. The first-order chi connectivity index (χ1) is 6.34. The molecule has 74 valence electrons. The molecule has 1 aliphatic rings. The summed E-state index contributed by atoms with van der Waals surface area (Å²) in [5, 5.41) is 0. The highest BCUT2D eigenvalue weighted by Crippen LogP contribution is 2.15. The summed E-state index contributed by atoms with van der Waals surface area (Å²) in [4.78, 5) is 11.2. The molecular weight excluding hydrogens is 168 g/mol. The van der Waals surface area contributed by atoms with Gasteiger partial charge in [0.05, 0.1) is 5.92 Å². The molecule has 3 nitrogen and oxygen atoms in total. The van der Waals surface area contributed by atoms with E-state index in [0.717, 1.165) is 25.9 Å². The third-order valence-corrected chi connectivity index (χ3v) is 2.11. The van der Waals surface area contributed by atoms with Crippen LogP contribution in [-0.2, 0) is 14.3 Å². The molecule has 1 aliphatic heterocycles. The topological polar surface area (TPSA) is 35.5 Å². The highest BCUT2D eigenvalue weighted by atomic mass is 16.5. The summed E-state index contributed by atoms with van der Waals surface area (Å²) in [7, 11) is 1.69. The first-order valence-electron chi connectivity index (χ1n) is 4.67. The van der Waals surface area contributed by atoms with Crippen LogP contribution in [0.3, 0.4) is 0 Å². The SMILES string of the molecule is COCCCCC1C=CCOC1=O. The Kier molecular flexibility index (Phi) is 4.54. The van der Waals surface area contributed by atoms with Crippen LogP contribution in [0.1, 0.15) is 19.3 Å². The molecule has 0 fully saturated rings. The van der Waals surface area contributed by atoms with E-state index in [1.165, 1.54) is 0 Å². The lowest BCUT2D eigenvalue weighted by atomic mass is 10.0. The van der Waals surface area contributed by atoms with E-state index in [-0.39, 0.29) is 11.9 Å². The summed E-state index contributed by atoms with van der Waals surface area (Å²) in [6, 6.07) is 0. The molecule has 0 aliphatic carbocycles. The van der Waals surface area contributed by atoms with Gasteiger partial charge in [-0.1, -0.05) is 12.2 Å². The van der Waals surface area contributed by atoms with Gasteiger partial charge in [0.1, 0.15) is 6.61 Å². The summed E-state index contributed by atoms with van der Waals surface area (Å²) < 4.78 is 9.81. The van der Waals surface area contributed by atoms with Crippen LogP contribution in [-0.4, -0.2) is 26.3 Å². The second-order valence-corrected chi connectivity index (χ2v) is 3.15. The summed E-state index contributed by atoms with van der Waals surface area (Å²) in [6.45, 7) is 1.21. The average Bonchev–Trinajstić information content (AvgIpc) is 2.15. The maximum atomic E-state index is 11.2. The van der Waals surface area contributed by atoms with E-state index in [4.69, 9.17) is 9.47 Å². The van der Waals surface area contributed by atoms with Gasteiger partial charge in [-0.05, 0) is 19.3 Å². The Balaban J connectivity index is 2.16. The molecule has 0 radical (unpaired) electrons. The quantitative estimate of drug-likeness (QED) is 0.369. The van der Waals surface area contributed by atoms with Crippen molar-refractivity contribution in [3.8, 4) is 0 Å². The van der Waals surface area contributed by atoms with Crippen molar-refractivity contribution >= 4 is 5.97 Å². The lowest BCUT2D eigenvalue weighted by Crippen LogP contribution is -2.19. The van der Waals surface area contributed by atoms with Crippen molar-refractivity contribution < 1.29 is 14.3 Å². The van der Waals surface area contributed by atoms with E-state index < -0.39 is 0 Å². The van der Waals surface area contributed by atoms with Gasteiger partial charge in [-0.25, -0.2) is 0 Å². The summed E-state index contributed by atoms with van der Waals surface area (Å²) in [6.07, 6.45) is 6.74. The van der Waals surface area contributed by atoms with Gasteiger partial charge in [0.25, 0.3) is 0 Å². The Bertz CT molecular complexity index is 187. The average molecular weight is 184 g/mol. The van der Waals surface area contributed by atoms with E-state index in [2.05, 4.69) is 0 Å². The first kappa shape index (κ1) is 10.3. The summed E-state index contributed by atoms with van der Waals surface area (Å²) in [5.41, 5.74) is 0. The van der Waals surface area contributed by atoms with Gasteiger partial charge < -0.3 is 9.47 Å². The van der Waals surface area contributed by atoms with Gasteiger partial charge >= 0.3 is 5.97 Å². The fourth-order valence-corrected chi connectivity index (χ4v) is 1.36. The number of carbonyl (C=O) groups excluding carboxylic acids is 1. The molecule has 0 amide bonds. The Labute approximate surface area is 78.7 Å². The molecular formula is C10H16O3. The number of carbonyl (C=O) groups is 1. The molecule has 1 unspecified atom stereocenters. The number of ether oxygens (including phenoxy) is 2. The fourth-order valence-electron chi connectivity index (χ4n) is 1.36. The molecule has 0 aromatic carbocycles. The van der Waals surface area contributed by atoms with E-state index in [0.29, 0.717) is 6.61 Å². The van der Waals surface area contributed by atoms with Crippen LogP contribution in [0.25, 0.3) is 0 Å². The van der Waals surface area contributed by atoms with Crippen LogP contribution in [0.5, 0.6) is 0 Å². The van der Waals surface area contributed by atoms with Crippen LogP contribution in [0.15, 0.2) is 12.2 Å². The fraction of sp³-hybridized carbons (Fsp3) is 0.700. The van der Waals surface area contributed by atoms with Crippen molar-refractivity contribution in [1.82, 2.24) is 0 Å². The van der Waals surface area contributed by atoms with Crippen molar-refractivity contribution in [2.75, 3.05) is 20.3 Å². The van der Waals surface area contributed by atoms with Crippen molar-refractivity contribution in [2.45, 2.75) is 19.3 Å². The van der Waals surface area contributed by atoms with Crippen LogP contribution >= 0.6 is 0 Å². The standard InChI is InChI=1S/C10H16O3/c1-12-7-3-2-5-9-6-4-8-13-10(9)11/h4,6,9H,2-3,5,7-8H2,1H3. The Hall–Kier alpha value is -0.830. The zero-order valence-corrected chi connectivity index (χ0v) is 7.99. The normalized spacial score (nSPS) is 21.6. The van der Waals surface area contributed by atoms with Gasteiger partial charge in [0.15, 0.2) is 0 Å². The smallest absolute Gasteiger partial charge is 0.313 e. The van der Waals surface area contributed by atoms with Crippen LogP contribution < -0.4 is 0 Å². The zero-order chi connectivity index (χ0) is 9.52. The molecule has 0 N–H and O–H groups in total. The maximum Gasteiger partial charge on any atom is 0.313 e. The number of esters is 1. The van der Waals surface area contributed by atoms with Crippen LogP contribution in [0.4, 0.5) is 0 Å². The Morgan fingerprint density at radius 3 is 3.15 bits per heavy atom. The molecule has 0 bridgehead atoms. The highest BCUT2D eigenvalue weighted by molar-refractivity contribution is 5.75. The van der Waals surface area contributed by atoms with Crippen molar-refractivity contribution in [2.24, 2.45) is 5.92 Å². The predicted octanol–water partition coefficient (Wildman–Crippen LogP) is 1.53. The Morgan fingerprint density at radius 1 is 1.62 bits per heavy atom. The molecule has 1 atom stereocenters. The molecule has 0 aromatic rings. The second-order valence-electron chi connectivity index (χ2n) is 3.15. The molecule has 0 saturated heterocycles. The largest absolute Gasteiger partial charge is 0.461 e. The number of rotatable bonds is 5. The van der Waals surface area contributed by atoms with E-state index in [1.54, 1.807) is 7.11 Å². The van der Waals surface area contributed by atoms with Gasteiger partial charge in [-0.3, -0.25) is 4.79 Å². The first-order valence-corrected chi connectivity index (χ1v) is 4.67. The molecule has 0 spiro atoms. The number of methoxy groups -OCH3 is 1. The summed E-state index contributed by atoms with van der Waals surface area (Å²) in [5.74, 6) is -0.106. The van der Waals surface area contributed by atoms with E-state index in [1.807, 2.05) is 12.2 Å². The van der Waals surface area contributed by atoms with Crippen molar-refractivity contribution in [3.63, 3.8) is 0 Å². The Morgan fingerprint density at radius 2 is 2.46 bits per heavy atom. The van der Waals surface area contributed by atoms with Gasteiger partial charge in [0, 0.05) is 13.7 Å². The minimum absolute atomic E-state index is 0.0226. The summed E-state index contributed by atoms with van der Waals surface area (Å²) >= 11 is 0. The second kappa shape index (κ2) is 5.75. The number of hydrogen-bond donors (Lipinski definition) is 0. The van der Waals surface area contributed by atoms with Gasteiger partial charge in [-0.15, -0.1) is 0 Å². The lowest BCUT2D eigenvalue weighted by Gasteiger charge is -2.15. The predicted molar refractivity (Wildman–Crippen MR) is 49.3 cm³/mol. The van der Waals surface area contributed by atoms with Crippen molar-refractivity contribution in [3.05, 3.63) is 12.2 Å². The minimum Gasteiger partial charge on any atom is -0.461 e. The van der Waals surface area contributed by atoms with E-state index >= 15 is 0 Å².